The summed E-state index contributed by atoms with van der Waals surface area (Å²) in [7, 11) is 3.08. The molecule has 23 heavy (non-hydrogen) atoms. The molecular formula is C18H17NO4. The summed E-state index contributed by atoms with van der Waals surface area (Å²) in [6.45, 7) is 0.369. The van der Waals surface area contributed by atoms with Crippen molar-refractivity contribution in [2.24, 2.45) is 0 Å². The van der Waals surface area contributed by atoms with Gasteiger partial charge in [0, 0.05) is 30.2 Å². The van der Waals surface area contributed by atoms with Crippen LogP contribution in [-0.4, -0.2) is 32.5 Å². The first-order chi connectivity index (χ1) is 11.1. The van der Waals surface area contributed by atoms with Gasteiger partial charge in [-0.15, -0.1) is 0 Å². The average Bonchev–Trinajstić information content (AvgIpc) is 2.61. The van der Waals surface area contributed by atoms with Gasteiger partial charge in [-0.25, -0.2) is 0 Å². The number of nitrogens with zero attached hydrogens (tertiary/aromatic N) is 1. The van der Waals surface area contributed by atoms with Crippen LogP contribution in [0.5, 0.6) is 11.5 Å². The van der Waals surface area contributed by atoms with Gasteiger partial charge in [-0.1, -0.05) is 12.1 Å². The number of Topliss-reactive ketones (excluding diaryl/α,β-unsaturated/α-hetero) is 1. The van der Waals surface area contributed by atoms with Gasteiger partial charge in [0.1, 0.15) is 11.5 Å². The highest BCUT2D eigenvalue weighted by Gasteiger charge is 2.28. The molecule has 0 aliphatic carbocycles. The number of anilines is 1. The first-order valence-corrected chi connectivity index (χ1v) is 7.31. The number of carbonyl (C=O) groups excluding carboxylic acids is 2. The smallest absolute Gasteiger partial charge is 0.258 e. The maximum atomic E-state index is 12.9. The highest BCUT2D eigenvalue weighted by atomic mass is 16.5. The molecule has 2 aromatic carbocycles. The van der Waals surface area contributed by atoms with E-state index in [9.17, 15) is 9.59 Å². The molecule has 0 saturated heterocycles. The van der Waals surface area contributed by atoms with E-state index in [1.54, 1.807) is 41.3 Å². The molecule has 1 heterocycles. The number of para-hydroxylation sites is 1. The van der Waals surface area contributed by atoms with E-state index in [-0.39, 0.29) is 11.7 Å². The van der Waals surface area contributed by atoms with Crippen LogP contribution in [0.4, 0.5) is 5.69 Å². The number of rotatable bonds is 3. The summed E-state index contributed by atoms with van der Waals surface area (Å²) in [5.41, 5.74) is 1.70. The fourth-order valence-electron chi connectivity index (χ4n) is 2.71. The number of hydrogen-bond acceptors (Lipinski definition) is 4. The monoisotopic (exact) mass is 311 g/mol. The van der Waals surface area contributed by atoms with Crippen molar-refractivity contribution < 1.29 is 19.1 Å². The van der Waals surface area contributed by atoms with Crippen LogP contribution in [0.3, 0.4) is 0 Å². The SMILES string of the molecule is COc1cc(OC)cc(C(=O)N2CCC(=O)c3ccccc32)c1. The van der Waals surface area contributed by atoms with Crippen LogP contribution in [0.1, 0.15) is 27.1 Å². The molecule has 5 heteroatoms. The van der Waals surface area contributed by atoms with E-state index < -0.39 is 0 Å². The standard InChI is InChI=1S/C18H17NO4/c1-22-13-9-12(10-14(11-13)23-2)18(21)19-8-7-17(20)15-5-3-4-6-16(15)19/h3-6,9-11H,7-8H2,1-2H3. The lowest BCUT2D eigenvalue weighted by Gasteiger charge is -2.28. The minimum Gasteiger partial charge on any atom is -0.497 e. The molecule has 5 nitrogen and oxygen atoms in total. The van der Waals surface area contributed by atoms with Gasteiger partial charge in [0.2, 0.25) is 0 Å². The zero-order valence-electron chi connectivity index (χ0n) is 13.0. The third-order valence-corrected chi connectivity index (χ3v) is 3.90. The first-order valence-electron chi connectivity index (χ1n) is 7.31. The molecule has 0 N–H and O–H groups in total. The molecule has 0 saturated carbocycles. The average molecular weight is 311 g/mol. The minimum atomic E-state index is -0.179. The Hall–Kier alpha value is -2.82. The predicted molar refractivity (Wildman–Crippen MR) is 86.6 cm³/mol. The van der Waals surface area contributed by atoms with E-state index in [2.05, 4.69) is 0 Å². The largest absolute Gasteiger partial charge is 0.497 e. The van der Waals surface area contributed by atoms with Gasteiger partial charge in [0.05, 0.1) is 19.9 Å². The second kappa shape index (κ2) is 6.12. The Morgan fingerprint density at radius 3 is 2.35 bits per heavy atom. The lowest BCUT2D eigenvalue weighted by atomic mass is 9.99. The fourth-order valence-corrected chi connectivity index (χ4v) is 2.71. The van der Waals surface area contributed by atoms with Crippen molar-refractivity contribution in [3.8, 4) is 11.5 Å². The molecule has 3 rings (SSSR count). The fraction of sp³-hybridized carbons (Fsp3) is 0.222. The van der Waals surface area contributed by atoms with Crippen LogP contribution in [0.15, 0.2) is 42.5 Å². The predicted octanol–water partition coefficient (Wildman–Crippen LogP) is 2.94. The molecule has 1 aliphatic rings. The second-order valence-corrected chi connectivity index (χ2v) is 5.25. The van der Waals surface area contributed by atoms with Crippen molar-refractivity contribution in [3.05, 3.63) is 53.6 Å². The lowest BCUT2D eigenvalue weighted by Crippen LogP contribution is -2.37. The summed E-state index contributed by atoms with van der Waals surface area (Å²) in [5.74, 6) is 0.984. The third-order valence-electron chi connectivity index (χ3n) is 3.90. The van der Waals surface area contributed by atoms with Crippen LogP contribution in [0, 0.1) is 0 Å². The van der Waals surface area contributed by atoms with Gasteiger partial charge in [0.25, 0.3) is 5.91 Å². The maximum absolute atomic E-state index is 12.9. The molecule has 0 radical (unpaired) electrons. The van der Waals surface area contributed by atoms with Crippen LogP contribution in [-0.2, 0) is 0 Å². The Kier molecular flexibility index (Phi) is 4.02. The van der Waals surface area contributed by atoms with Gasteiger partial charge >= 0.3 is 0 Å². The Morgan fingerprint density at radius 2 is 1.70 bits per heavy atom. The Morgan fingerprint density at radius 1 is 1.04 bits per heavy atom. The van der Waals surface area contributed by atoms with Crippen molar-refractivity contribution >= 4 is 17.4 Å². The minimum absolute atomic E-state index is 0.0628. The van der Waals surface area contributed by atoms with Crippen LogP contribution < -0.4 is 14.4 Å². The molecule has 0 spiro atoms. The van der Waals surface area contributed by atoms with Crippen LogP contribution >= 0.6 is 0 Å². The molecule has 0 atom stereocenters. The van der Waals surface area contributed by atoms with E-state index in [1.165, 1.54) is 14.2 Å². The first kappa shape index (κ1) is 15.1. The van der Waals surface area contributed by atoms with E-state index in [0.717, 1.165) is 0 Å². The lowest BCUT2D eigenvalue weighted by molar-refractivity contribution is 0.0954. The number of ether oxygens (including phenoxy) is 2. The summed E-state index contributed by atoms with van der Waals surface area (Å²) in [5, 5.41) is 0. The van der Waals surface area contributed by atoms with Gasteiger partial charge in [-0.2, -0.15) is 0 Å². The zero-order chi connectivity index (χ0) is 16.4. The topological polar surface area (TPSA) is 55.8 Å². The normalized spacial score (nSPS) is 13.5. The quantitative estimate of drug-likeness (QED) is 0.874. The Bertz CT molecular complexity index is 747. The van der Waals surface area contributed by atoms with E-state index in [4.69, 9.17) is 9.47 Å². The third kappa shape index (κ3) is 2.77. The van der Waals surface area contributed by atoms with Crippen LogP contribution in [0.2, 0.25) is 0 Å². The molecule has 1 amide bonds. The summed E-state index contributed by atoms with van der Waals surface area (Å²) in [6.07, 6.45) is 0.323. The summed E-state index contributed by atoms with van der Waals surface area (Å²) >= 11 is 0. The number of amides is 1. The molecule has 1 aliphatic heterocycles. The Balaban J connectivity index is 2.01. The van der Waals surface area contributed by atoms with Crippen molar-refractivity contribution in [3.63, 3.8) is 0 Å². The van der Waals surface area contributed by atoms with E-state index in [0.29, 0.717) is 41.3 Å². The maximum Gasteiger partial charge on any atom is 0.258 e. The second-order valence-electron chi connectivity index (χ2n) is 5.25. The number of benzene rings is 2. The van der Waals surface area contributed by atoms with Gasteiger partial charge < -0.3 is 14.4 Å². The Labute approximate surface area is 134 Å². The van der Waals surface area contributed by atoms with Gasteiger partial charge in [-0.3, -0.25) is 9.59 Å². The molecule has 0 unspecified atom stereocenters. The molecule has 118 valence electrons. The van der Waals surface area contributed by atoms with Crippen molar-refractivity contribution in [2.45, 2.75) is 6.42 Å². The summed E-state index contributed by atoms with van der Waals surface area (Å²) < 4.78 is 10.4. The van der Waals surface area contributed by atoms with Crippen molar-refractivity contribution in [2.75, 3.05) is 25.7 Å². The highest BCUT2D eigenvalue weighted by molar-refractivity contribution is 6.13. The number of methoxy groups -OCH3 is 2. The number of fused-ring (bicyclic) bond motifs is 1. The van der Waals surface area contributed by atoms with Gasteiger partial charge in [-0.05, 0) is 24.3 Å². The zero-order valence-corrected chi connectivity index (χ0v) is 13.0. The van der Waals surface area contributed by atoms with E-state index in [1.807, 2.05) is 6.07 Å². The summed E-state index contributed by atoms with van der Waals surface area (Å²) in [4.78, 5) is 26.6. The number of ketones is 1. The van der Waals surface area contributed by atoms with Crippen molar-refractivity contribution in [1.29, 1.82) is 0 Å². The molecule has 0 bridgehead atoms. The van der Waals surface area contributed by atoms with E-state index >= 15 is 0 Å². The summed E-state index contributed by atoms with van der Waals surface area (Å²) in [6, 6.07) is 12.2. The number of carbonyl (C=O) groups is 2. The molecular weight excluding hydrogens is 294 g/mol. The number of hydrogen-bond donors (Lipinski definition) is 0. The molecule has 2 aromatic rings. The molecule has 0 fully saturated rings. The van der Waals surface area contributed by atoms with Crippen LogP contribution in [0.25, 0.3) is 0 Å². The highest BCUT2D eigenvalue weighted by Crippen LogP contribution is 2.30. The van der Waals surface area contributed by atoms with Gasteiger partial charge in [0.15, 0.2) is 5.78 Å². The van der Waals surface area contributed by atoms with Crippen molar-refractivity contribution in [1.82, 2.24) is 0 Å². The molecule has 0 aromatic heterocycles.